The third-order valence-electron chi connectivity index (χ3n) is 3.36. The molecule has 0 saturated heterocycles. The molecule has 3 aromatic rings. The van der Waals surface area contributed by atoms with E-state index in [4.69, 9.17) is 27.9 Å². The number of carbonyl (C=O) groups excluding carboxylic acids is 1. The number of amides is 1. The molecule has 26 heavy (non-hydrogen) atoms. The van der Waals surface area contributed by atoms with Crippen LogP contribution in [0.25, 0.3) is 0 Å². The molecule has 0 saturated carbocycles. The Balaban J connectivity index is 1.69. The molecule has 0 spiro atoms. The van der Waals surface area contributed by atoms with Crippen LogP contribution >= 0.6 is 23.2 Å². The number of rotatable bonds is 5. The summed E-state index contributed by atoms with van der Waals surface area (Å²) < 4.78 is 5.12. The van der Waals surface area contributed by atoms with Crippen molar-refractivity contribution in [2.24, 2.45) is 0 Å². The number of hydrogen-bond donors (Lipinski definition) is 2. The van der Waals surface area contributed by atoms with Crippen LogP contribution in [0.15, 0.2) is 54.6 Å². The van der Waals surface area contributed by atoms with Crippen molar-refractivity contribution in [2.75, 3.05) is 17.7 Å². The highest BCUT2D eigenvalue weighted by Crippen LogP contribution is 2.24. The summed E-state index contributed by atoms with van der Waals surface area (Å²) in [6.07, 6.45) is 0. The van der Waals surface area contributed by atoms with Crippen molar-refractivity contribution in [3.8, 4) is 5.75 Å². The highest BCUT2D eigenvalue weighted by Gasteiger charge is 2.09. The lowest BCUT2D eigenvalue weighted by Gasteiger charge is -2.08. The molecule has 1 amide bonds. The average Bonchev–Trinajstić information content (AvgIpc) is 2.61. The Morgan fingerprint density at radius 2 is 1.73 bits per heavy atom. The Hall–Kier alpha value is -2.83. The fraction of sp³-hybridized carbons (Fsp3) is 0.0556. The molecule has 0 aliphatic heterocycles. The maximum absolute atomic E-state index is 12.3. The predicted octanol–water partition coefficient (Wildman–Crippen LogP) is 4.79. The third kappa shape index (κ3) is 4.62. The second kappa shape index (κ2) is 8.03. The van der Waals surface area contributed by atoms with Crippen LogP contribution in [0.1, 0.15) is 10.5 Å². The van der Waals surface area contributed by atoms with Gasteiger partial charge in [0.05, 0.1) is 7.11 Å². The van der Waals surface area contributed by atoms with Crippen LogP contribution in [-0.2, 0) is 0 Å². The van der Waals surface area contributed by atoms with Crippen LogP contribution in [0.2, 0.25) is 10.0 Å². The Kier molecular flexibility index (Phi) is 5.55. The lowest BCUT2D eigenvalue weighted by molar-refractivity contribution is 0.102. The maximum atomic E-state index is 12.3. The highest BCUT2D eigenvalue weighted by atomic mass is 35.5. The van der Waals surface area contributed by atoms with E-state index in [1.165, 1.54) is 0 Å². The number of ether oxygens (including phenoxy) is 1. The molecular formula is C18H14Cl2N4O2. The van der Waals surface area contributed by atoms with E-state index < -0.39 is 0 Å². The first-order chi connectivity index (χ1) is 12.5. The molecule has 132 valence electrons. The van der Waals surface area contributed by atoms with Crippen molar-refractivity contribution < 1.29 is 9.53 Å². The average molecular weight is 389 g/mol. The van der Waals surface area contributed by atoms with Crippen LogP contribution in [0.3, 0.4) is 0 Å². The smallest absolute Gasteiger partial charge is 0.276 e. The van der Waals surface area contributed by atoms with Crippen LogP contribution in [-0.4, -0.2) is 23.2 Å². The Morgan fingerprint density at radius 1 is 0.962 bits per heavy atom. The molecule has 0 radical (unpaired) electrons. The molecule has 0 fully saturated rings. The molecule has 0 bridgehead atoms. The van der Waals surface area contributed by atoms with Gasteiger partial charge in [0.1, 0.15) is 5.75 Å². The van der Waals surface area contributed by atoms with Gasteiger partial charge in [-0.1, -0.05) is 29.3 Å². The molecule has 1 aromatic heterocycles. The molecule has 3 rings (SSSR count). The van der Waals surface area contributed by atoms with Gasteiger partial charge in [0.2, 0.25) is 0 Å². The van der Waals surface area contributed by atoms with Crippen molar-refractivity contribution in [3.63, 3.8) is 0 Å². The monoisotopic (exact) mass is 388 g/mol. The van der Waals surface area contributed by atoms with Crippen molar-refractivity contribution in [1.29, 1.82) is 0 Å². The molecule has 8 heteroatoms. The Bertz CT molecular complexity index is 912. The van der Waals surface area contributed by atoms with Crippen molar-refractivity contribution in [3.05, 3.63) is 70.3 Å². The fourth-order valence-corrected chi connectivity index (χ4v) is 2.72. The standard InChI is InChI=1S/C18H14Cl2N4O2/c1-26-15-4-2-3-13(10-15)22-18(25)16-5-6-17(24-23-16)21-14-8-11(19)7-12(20)9-14/h2-10H,1H3,(H,21,24)(H,22,25). The van der Waals surface area contributed by atoms with Gasteiger partial charge < -0.3 is 15.4 Å². The molecule has 2 N–H and O–H groups in total. The van der Waals surface area contributed by atoms with Gasteiger partial charge in [-0.3, -0.25) is 4.79 Å². The second-order valence-corrected chi connectivity index (χ2v) is 6.15. The van der Waals surface area contributed by atoms with Crippen LogP contribution < -0.4 is 15.4 Å². The molecular weight excluding hydrogens is 375 g/mol. The lowest BCUT2D eigenvalue weighted by atomic mass is 10.3. The minimum absolute atomic E-state index is 0.183. The first-order valence-electron chi connectivity index (χ1n) is 7.56. The van der Waals surface area contributed by atoms with Gasteiger partial charge in [-0.2, -0.15) is 0 Å². The molecule has 6 nitrogen and oxygen atoms in total. The number of hydrogen-bond acceptors (Lipinski definition) is 5. The zero-order valence-corrected chi connectivity index (χ0v) is 15.2. The summed E-state index contributed by atoms with van der Waals surface area (Å²) in [7, 11) is 1.56. The number of carbonyl (C=O) groups is 1. The number of methoxy groups -OCH3 is 1. The molecule has 0 unspecified atom stereocenters. The summed E-state index contributed by atoms with van der Waals surface area (Å²) in [5, 5.41) is 14.7. The SMILES string of the molecule is COc1cccc(NC(=O)c2ccc(Nc3cc(Cl)cc(Cl)c3)nn2)c1. The summed E-state index contributed by atoms with van der Waals surface area (Å²) in [6, 6.07) is 15.3. The van der Waals surface area contributed by atoms with E-state index in [0.29, 0.717) is 33.0 Å². The number of benzene rings is 2. The Labute approximate surface area is 160 Å². The van der Waals surface area contributed by atoms with E-state index in [-0.39, 0.29) is 11.6 Å². The minimum atomic E-state index is -0.372. The number of nitrogens with zero attached hydrogens (tertiary/aromatic N) is 2. The van der Waals surface area contributed by atoms with Crippen molar-refractivity contribution in [2.45, 2.75) is 0 Å². The van der Waals surface area contributed by atoms with Gasteiger partial charge in [0.15, 0.2) is 11.5 Å². The van der Waals surface area contributed by atoms with Gasteiger partial charge in [-0.15, -0.1) is 10.2 Å². The fourth-order valence-electron chi connectivity index (χ4n) is 2.19. The van der Waals surface area contributed by atoms with Crippen LogP contribution in [0.4, 0.5) is 17.2 Å². The van der Waals surface area contributed by atoms with Gasteiger partial charge >= 0.3 is 0 Å². The molecule has 1 heterocycles. The number of anilines is 3. The summed E-state index contributed by atoms with van der Waals surface area (Å²) in [5.74, 6) is 0.734. The lowest BCUT2D eigenvalue weighted by Crippen LogP contribution is -2.14. The van der Waals surface area contributed by atoms with E-state index in [9.17, 15) is 4.79 Å². The van der Waals surface area contributed by atoms with E-state index in [1.54, 1.807) is 61.7 Å². The van der Waals surface area contributed by atoms with E-state index in [0.717, 1.165) is 0 Å². The van der Waals surface area contributed by atoms with E-state index in [1.807, 2.05) is 0 Å². The summed E-state index contributed by atoms with van der Waals surface area (Å²) in [4.78, 5) is 12.3. The summed E-state index contributed by atoms with van der Waals surface area (Å²) >= 11 is 11.9. The topological polar surface area (TPSA) is 76.1 Å². The number of aromatic nitrogens is 2. The van der Waals surface area contributed by atoms with E-state index >= 15 is 0 Å². The molecule has 0 atom stereocenters. The first kappa shape index (κ1) is 18.0. The van der Waals surface area contributed by atoms with E-state index in [2.05, 4.69) is 20.8 Å². The quantitative estimate of drug-likeness (QED) is 0.656. The predicted molar refractivity (Wildman–Crippen MR) is 103 cm³/mol. The molecule has 0 aliphatic carbocycles. The molecule has 2 aromatic carbocycles. The summed E-state index contributed by atoms with van der Waals surface area (Å²) in [5.41, 5.74) is 1.46. The van der Waals surface area contributed by atoms with Crippen molar-refractivity contribution >= 4 is 46.3 Å². The van der Waals surface area contributed by atoms with Gasteiger partial charge in [-0.25, -0.2) is 0 Å². The molecule has 0 aliphatic rings. The largest absolute Gasteiger partial charge is 0.497 e. The Morgan fingerprint density at radius 3 is 2.38 bits per heavy atom. The first-order valence-corrected chi connectivity index (χ1v) is 8.31. The van der Waals surface area contributed by atoms with Gasteiger partial charge in [-0.05, 0) is 42.5 Å². The normalized spacial score (nSPS) is 10.3. The zero-order valence-electron chi connectivity index (χ0n) is 13.7. The highest BCUT2D eigenvalue weighted by molar-refractivity contribution is 6.35. The van der Waals surface area contributed by atoms with Gasteiger partial charge in [0, 0.05) is 27.5 Å². The zero-order chi connectivity index (χ0) is 18.5. The van der Waals surface area contributed by atoms with Crippen LogP contribution in [0.5, 0.6) is 5.75 Å². The van der Waals surface area contributed by atoms with Crippen molar-refractivity contribution in [1.82, 2.24) is 10.2 Å². The number of halogens is 2. The van der Waals surface area contributed by atoms with Crippen LogP contribution in [0, 0.1) is 0 Å². The minimum Gasteiger partial charge on any atom is -0.497 e. The third-order valence-corrected chi connectivity index (χ3v) is 3.80. The number of nitrogens with one attached hydrogen (secondary N) is 2. The van der Waals surface area contributed by atoms with Gasteiger partial charge in [0.25, 0.3) is 5.91 Å². The second-order valence-electron chi connectivity index (χ2n) is 5.27. The maximum Gasteiger partial charge on any atom is 0.276 e. The summed E-state index contributed by atoms with van der Waals surface area (Å²) in [6.45, 7) is 0.